The molecule has 3 nitrogen and oxygen atoms in total. The van der Waals surface area contributed by atoms with Crippen molar-refractivity contribution in [3.05, 3.63) is 29.3 Å². The molecule has 2 N–H and O–H groups in total. The van der Waals surface area contributed by atoms with Crippen LogP contribution in [0.1, 0.15) is 26.2 Å². The van der Waals surface area contributed by atoms with Gasteiger partial charge in [0.1, 0.15) is 0 Å². The van der Waals surface area contributed by atoms with Crippen LogP contribution in [0.2, 0.25) is 5.02 Å². The second-order valence-electron chi connectivity index (χ2n) is 5.30. The molecule has 1 aliphatic heterocycles. The summed E-state index contributed by atoms with van der Waals surface area (Å²) in [5, 5.41) is 6.83. The van der Waals surface area contributed by atoms with E-state index in [2.05, 4.69) is 17.6 Å². The van der Waals surface area contributed by atoms with Gasteiger partial charge in [0, 0.05) is 6.42 Å². The quantitative estimate of drug-likeness (QED) is 0.888. The van der Waals surface area contributed by atoms with Crippen molar-refractivity contribution in [1.29, 1.82) is 0 Å². The predicted molar refractivity (Wildman–Crippen MR) is 79.5 cm³/mol. The monoisotopic (exact) mass is 280 g/mol. The minimum atomic E-state index is 0.0548. The number of nitrogens with one attached hydrogen (secondary N) is 2. The molecule has 0 radical (unpaired) electrons. The van der Waals surface area contributed by atoms with E-state index in [-0.39, 0.29) is 5.91 Å². The highest BCUT2D eigenvalue weighted by molar-refractivity contribution is 6.33. The van der Waals surface area contributed by atoms with Crippen molar-refractivity contribution in [2.24, 2.45) is 11.8 Å². The van der Waals surface area contributed by atoms with Crippen molar-refractivity contribution in [1.82, 2.24) is 5.32 Å². The molecule has 2 rings (SSSR count). The largest absolute Gasteiger partial charge is 0.325 e. The first-order chi connectivity index (χ1) is 9.16. The number of amides is 1. The van der Waals surface area contributed by atoms with Crippen molar-refractivity contribution in [2.45, 2.75) is 26.2 Å². The maximum atomic E-state index is 12.0. The zero-order valence-electron chi connectivity index (χ0n) is 11.3. The van der Waals surface area contributed by atoms with Crippen molar-refractivity contribution in [3.63, 3.8) is 0 Å². The first kappa shape index (κ1) is 14.4. The Bertz CT molecular complexity index is 430. The molecule has 1 aromatic carbocycles. The van der Waals surface area contributed by atoms with Crippen LogP contribution in [0, 0.1) is 11.8 Å². The normalized spacial score (nSPS) is 18.0. The number of piperidine rings is 1. The number of benzene rings is 1. The number of hydrogen-bond donors (Lipinski definition) is 2. The van der Waals surface area contributed by atoms with Crippen LogP contribution in [0.15, 0.2) is 24.3 Å². The number of hydrogen-bond acceptors (Lipinski definition) is 2. The van der Waals surface area contributed by atoms with Crippen LogP contribution in [0.5, 0.6) is 0 Å². The van der Waals surface area contributed by atoms with Crippen molar-refractivity contribution < 1.29 is 4.79 Å². The first-order valence-electron chi connectivity index (χ1n) is 6.92. The van der Waals surface area contributed by atoms with Gasteiger partial charge in [0.2, 0.25) is 5.91 Å². The molecule has 1 heterocycles. The van der Waals surface area contributed by atoms with E-state index in [9.17, 15) is 4.79 Å². The fourth-order valence-electron chi connectivity index (χ4n) is 2.64. The standard InChI is InChI=1S/C15H21ClN2O/c1-11(12-6-8-17-9-7-12)10-15(19)18-14-5-3-2-4-13(14)16/h2-5,11-12,17H,6-10H2,1H3,(H,18,19). The second kappa shape index (κ2) is 6.92. The molecule has 1 unspecified atom stereocenters. The maximum absolute atomic E-state index is 12.0. The Morgan fingerprint density at radius 2 is 2.11 bits per heavy atom. The fourth-order valence-corrected chi connectivity index (χ4v) is 2.82. The predicted octanol–water partition coefficient (Wildman–Crippen LogP) is 3.30. The Morgan fingerprint density at radius 3 is 2.79 bits per heavy atom. The molecule has 0 aromatic heterocycles. The number of carbonyl (C=O) groups is 1. The lowest BCUT2D eigenvalue weighted by atomic mass is 9.84. The highest BCUT2D eigenvalue weighted by Crippen LogP contribution is 2.26. The van der Waals surface area contributed by atoms with E-state index >= 15 is 0 Å². The van der Waals surface area contributed by atoms with Crippen molar-refractivity contribution in [3.8, 4) is 0 Å². The molecule has 104 valence electrons. The topological polar surface area (TPSA) is 41.1 Å². The van der Waals surface area contributed by atoms with E-state index in [0.29, 0.717) is 29.0 Å². The summed E-state index contributed by atoms with van der Waals surface area (Å²) in [5.74, 6) is 1.13. The number of anilines is 1. The lowest BCUT2D eigenvalue weighted by Gasteiger charge is -2.27. The number of halogens is 1. The minimum absolute atomic E-state index is 0.0548. The lowest BCUT2D eigenvalue weighted by Crippen LogP contribution is -2.32. The molecule has 1 fully saturated rings. The Hall–Kier alpha value is -1.06. The summed E-state index contributed by atoms with van der Waals surface area (Å²) < 4.78 is 0. The second-order valence-corrected chi connectivity index (χ2v) is 5.70. The molecular weight excluding hydrogens is 260 g/mol. The van der Waals surface area contributed by atoms with Crippen LogP contribution in [-0.2, 0) is 4.79 Å². The highest BCUT2D eigenvalue weighted by atomic mass is 35.5. The molecule has 0 saturated carbocycles. The fraction of sp³-hybridized carbons (Fsp3) is 0.533. The SMILES string of the molecule is CC(CC(=O)Nc1ccccc1Cl)C1CCNCC1. The summed E-state index contributed by atoms with van der Waals surface area (Å²) in [6.45, 7) is 4.31. The first-order valence-corrected chi connectivity index (χ1v) is 7.29. The van der Waals surface area contributed by atoms with Crippen LogP contribution in [0.4, 0.5) is 5.69 Å². The van der Waals surface area contributed by atoms with Crippen LogP contribution in [0.3, 0.4) is 0 Å². The van der Waals surface area contributed by atoms with Crippen molar-refractivity contribution in [2.75, 3.05) is 18.4 Å². The van der Waals surface area contributed by atoms with Crippen LogP contribution in [0.25, 0.3) is 0 Å². The highest BCUT2D eigenvalue weighted by Gasteiger charge is 2.22. The number of rotatable bonds is 4. The third-order valence-corrected chi connectivity index (χ3v) is 4.17. The molecule has 1 aliphatic rings. The zero-order valence-corrected chi connectivity index (χ0v) is 12.0. The summed E-state index contributed by atoms with van der Waals surface area (Å²) >= 11 is 6.03. The molecule has 4 heteroatoms. The number of carbonyl (C=O) groups excluding carboxylic acids is 1. The van der Waals surface area contributed by atoms with Gasteiger partial charge in [0.25, 0.3) is 0 Å². The van der Waals surface area contributed by atoms with E-state index in [1.807, 2.05) is 18.2 Å². The lowest BCUT2D eigenvalue weighted by molar-refractivity contribution is -0.117. The van der Waals surface area contributed by atoms with Gasteiger partial charge in [-0.25, -0.2) is 0 Å². The van der Waals surface area contributed by atoms with Gasteiger partial charge in [-0.15, -0.1) is 0 Å². The van der Waals surface area contributed by atoms with Gasteiger partial charge >= 0.3 is 0 Å². The van der Waals surface area contributed by atoms with E-state index in [0.717, 1.165) is 13.1 Å². The molecule has 19 heavy (non-hydrogen) atoms. The maximum Gasteiger partial charge on any atom is 0.224 e. The smallest absolute Gasteiger partial charge is 0.224 e. The van der Waals surface area contributed by atoms with E-state index in [1.54, 1.807) is 6.07 Å². The third-order valence-electron chi connectivity index (χ3n) is 3.84. The molecular formula is C15H21ClN2O. The van der Waals surface area contributed by atoms with Gasteiger partial charge in [-0.2, -0.15) is 0 Å². The summed E-state index contributed by atoms with van der Waals surface area (Å²) in [6.07, 6.45) is 2.90. The Balaban J connectivity index is 1.85. The molecule has 1 amide bonds. The molecule has 0 spiro atoms. The molecule has 1 aromatic rings. The van der Waals surface area contributed by atoms with Crippen LogP contribution < -0.4 is 10.6 Å². The molecule has 0 bridgehead atoms. The summed E-state index contributed by atoms with van der Waals surface area (Å²) in [6, 6.07) is 7.34. The van der Waals surface area contributed by atoms with Gasteiger partial charge in [0.15, 0.2) is 0 Å². The van der Waals surface area contributed by atoms with Crippen LogP contribution >= 0.6 is 11.6 Å². The summed E-state index contributed by atoms with van der Waals surface area (Å²) in [7, 11) is 0. The summed E-state index contributed by atoms with van der Waals surface area (Å²) in [5.41, 5.74) is 0.701. The Kier molecular flexibility index (Phi) is 5.23. The summed E-state index contributed by atoms with van der Waals surface area (Å²) in [4.78, 5) is 12.0. The van der Waals surface area contributed by atoms with Gasteiger partial charge in [-0.05, 0) is 49.9 Å². The molecule has 1 saturated heterocycles. The zero-order chi connectivity index (χ0) is 13.7. The van der Waals surface area contributed by atoms with E-state index in [1.165, 1.54) is 12.8 Å². The molecule has 1 atom stereocenters. The third kappa shape index (κ3) is 4.22. The van der Waals surface area contributed by atoms with Gasteiger partial charge in [0.05, 0.1) is 10.7 Å². The van der Waals surface area contributed by atoms with Gasteiger partial charge < -0.3 is 10.6 Å². The van der Waals surface area contributed by atoms with Crippen molar-refractivity contribution >= 4 is 23.2 Å². The van der Waals surface area contributed by atoms with Gasteiger partial charge in [-0.3, -0.25) is 4.79 Å². The Labute approximate surface area is 119 Å². The van der Waals surface area contributed by atoms with E-state index < -0.39 is 0 Å². The minimum Gasteiger partial charge on any atom is -0.325 e. The molecule has 0 aliphatic carbocycles. The van der Waals surface area contributed by atoms with Crippen LogP contribution in [-0.4, -0.2) is 19.0 Å². The Morgan fingerprint density at radius 1 is 1.42 bits per heavy atom. The van der Waals surface area contributed by atoms with E-state index in [4.69, 9.17) is 11.6 Å². The average molecular weight is 281 g/mol. The number of para-hydroxylation sites is 1. The average Bonchev–Trinajstić information content (AvgIpc) is 2.42. The van der Waals surface area contributed by atoms with Gasteiger partial charge in [-0.1, -0.05) is 30.7 Å².